The molecule has 0 spiro atoms. The van der Waals surface area contributed by atoms with Crippen LogP contribution in [0.15, 0.2) is 113 Å². The molecule has 4 aromatic carbocycles. The number of carbonyl (C=O) groups is 1. The molecule has 11 heteroatoms. The standard InChI is InChI=1S/C16H18O3.C12H10S.CHF3O3S/c1-16(2,3)19-15(17)11-18-14-10-6-8-12-7-4-5-9-13(12)14;1-3-7-11(8-4-1)13-12-9-5-2-6-10-12;2-1(3,4)8(5,6)7/h4-10H,11H2,1-3H3;1-10H;(H,5,6,7). The van der Waals surface area contributed by atoms with Crippen molar-refractivity contribution in [2.45, 2.75) is 41.7 Å². The van der Waals surface area contributed by atoms with Gasteiger partial charge in [0.1, 0.15) is 11.4 Å². The molecular weight excluding hydrogens is 565 g/mol. The van der Waals surface area contributed by atoms with Crippen molar-refractivity contribution < 1.29 is 40.4 Å². The number of rotatable bonds is 5. The first-order chi connectivity index (χ1) is 18.7. The molecule has 0 unspecified atom stereocenters. The first-order valence-corrected chi connectivity index (χ1v) is 14.1. The van der Waals surface area contributed by atoms with Crippen molar-refractivity contribution in [3.8, 4) is 5.75 Å². The van der Waals surface area contributed by atoms with Crippen molar-refractivity contribution >= 4 is 38.6 Å². The van der Waals surface area contributed by atoms with Gasteiger partial charge in [-0.3, -0.25) is 4.55 Å². The molecule has 0 aliphatic heterocycles. The smallest absolute Gasteiger partial charge is 0.481 e. The maximum atomic E-state index is 11.6. The van der Waals surface area contributed by atoms with Crippen LogP contribution in [0.1, 0.15) is 20.8 Å². The summed E-state index contributed by atoms with van der Waals surface area (Å²) in [5.41, 5.74) is -6.02. The average molecular weight is 595 g/mol. The zero-order valence-corrected chi connectivity index (χ0v) is 23.6. The highest BCUT2D eigenvalue weighted by Gasteiger charge is 2.44. The maximum Gasteiger partial charge on any atom is 0.522 e. The van der Waals surface area contributed by atoms with E-state index >= 15 is 0 Å². The second kappa shape index (κ2) is 14.7. The summed E-state index contributed by atoms with van der Waals surface area (Å²) in [7, 11) is -5.84. The molecule has 0 radical (unpaired) electrons. The Hall–Kier alpha value is -3.54. The molecule has 214 valence electrons. The van der Waals surface area contributed by atoms with Crippen LogP contribution in [-0.2, 0) is 19.6 Å². The summed E-state index contributed by atoms with van der Waals surface area (Å²) >= 11 is 1.79. The number of hydrogen-bond donors (Lipinski definition) is 1. The minimum Gasteiger partial charge on any atom is -0.481 e. The van der Waals surface area contributed by atoms with E-state index in [0.29, 0.717) is 5.75 Å². The van der Waals surface area contributed by atoms with Crippen LogP contribution in [0.3, 0.4) is 0 Å². The van der Waals surface area contributed by atoms with E-state index in [1.807, 2.05) is 75.4 Å². The second-order valence-electron chi connectivity index (χ2n) is 9.00. The van der Waals surface area contributed by atoms with E-state index in [2.05, 4.69) is 48.5 Å². The molecular formula is C29H29F3O6S2. The molecule has 0 aromatic heterocycles. The number of ether oxygens (including phenoxy) is 2. The van der Waals surface area contributed by atoms with Crippen molar-refractivity contribution in [2.24, 2.45) is 0 Å². The van der Waals surface area contributed by atoms with Crippen LogP contribution >= 0.6 is 11.8 Å². The van der Waals surface area contributed by atoms with E-state index in [9.17, 15) is 18.0 Å². The molecule has 0 bridgehead atoms. The molecule has 0 saturated heterocycles. The third-order valence-electron chi connectivity index (χ3n) is 4.53. The van der Waals surface area contributed by atoms with Crippen LogP contribution in [0.25, 0.3) is 10.8 Å². The van der Waals surface area contributed by atoms with E-state index in [1.165, 1.54) is 9.79 Å². The summed E-state index contributed by atoms with van der Waals surface area (Å²) < 4.78 is 68.3. The first-order valence-electron chi connectivity index (χ1n) is 11.8. The van der Waals surface area contributed by atoms with Crippen molar-refractivity contribution in [3.63, 3.8) is 0 Å². The SMILES string of the molecule is CC(C)(C)OC(=O)COc1cccc2ccccc12.O=S(=O)(O)C(F)(F)F.c1ccc(Sc2ccccc2)cc1. The van der Waals surface area contributed by atoms with Crippen LogP contribution in [0.2, 0.25) is 0 Å². The molecule has 6 nitrogen and oxygen atoms in total. The highest BCUT2D eigenvalue weighted by molar-refractivity contribution is 7.99. The molecule has 4 rings (SSSR count). The summed E-state index contributed by atoms with van der Waals surface area (Å²) in [6, 6.07) is 34.5. The van der Waals surface area contributed by atoms with Crippen LogP contribution in [0, 0.1) is 0 Å². The largest absolute Gasteiger partial charge is 0.522 e. The highest BCUT2D eigenvalue weighted by atomic mass is 32.2. The zero-order chi connectivity index (χ0) is 29.8. The number of halogens is 3. The third-order valence-corrected chi connectivity index (χ3v) is 6.13. The van der Waals surface area contributed by atoms with Gasteiger partial charge in [-0.05, 0) is 56.5 Å². The normalized spacial score (nSPS) is 11.4. The van der Waals surface area contributed by atoms with Gasteiger partial charge in [0.15, 0.2) is 6.61 Å². The van der Waals surface area contributed by atoms with Gasteiger partial charge in [-0.15, -0.1) is 0 Å². The van der Waals surface area contributed by atoms with Crippen molar-refractivity contribution in [3.05, 3.63) is 103 Å². The molecule has 0 aliphatic carbocycles. The van der Waals surface area contributed by atoms with Gasteiger partial charge in [-0.2, -0.15) is 21.6 Å². The van der Waals surface area contributed by atoms with E-state index in [-0.39, 0.29) is 12.6 Å². The van der Waals surface area contributed by atoms with E-state index in [4.69, 9.17) is 22.4 Å². The van der Waals surface area contributed by atoms with E-state index in [1.54, 1.807) is 11.8 Å². The van der Waals surface area contributed by atoms with E-state index < -0.39 is 21.2 Å². The Kier molecular flexibility index (Phi) is 12.0. The Morgan fingerprint density at radius 3 is 1.70 bits per heavy atom. The zero-order valence-electron chi connectivity index (χ0n) is 22.0. The fourth-order valence-corrected chi connectivity index (χ4v) is 3.80. The van der Waals surface area contributed by atoms with Gasteiger partial charge in [0, 0.05) is 15.2 Å². The molecule has 0 heterocycles. The Morgan fingerprint density at radius 2 is 1.23 bits per heavy atom. The fourth-order valence-electron chi connectivity index (χ4n) is 2.94. The summed E-state index contributed by atoms with van der Waals surface area (Å²) in [5.74, 6) is 0.337. The van der Waals surface area contributed by atoms with Crippen LogP contribution in [0.5, 0.6) is 5.75 Å². The third kappa shape index (κ3) is 12.1. The first kappa shape index (κ1) is 32.7. The number of alkyl halides is 3. The summed E-state index contributed by atoms with van der Waals surface area (Å²) in [4.78, 5) is 14.2. The molecule has 4 aromatic rings. The number of fused-ring (bicyclic) bond motifs is 1. The molecule has 0 amide bonds. The van der Waals surface area contributed by atoms with Crippen molar-refractivity contribution in [1.29, 1.82) is 0 Å². The summed E-state index contributed by atoms with van der Waals surface area (Å²) in [6.07, 6.45) is 0. The molecule has 0 fully saturated rings. The number of esters is 1. The van der Waals surface area contributed by atoms with Crippen molar-refractivity contribution in [2.75, 3.05) is 6.61 Å². The maximum absolute atomic E-state index is 11.6. The lowest BCUT2D eigenvalue weighted by Crippen LogP contribution is -2.27. The quantitative estimate of drug-likeness (QED) is 0.143. The van der Waals surface area contributed by atoms with Crippen LogP contribution < -0.4 is 4.74 Å². The minimum atomic E-state index is -5.84. The fraction of sp³-hybridized carbons (Fsp3) is 0.207. The lowest BCUT2D eigenvalue weighted by molar-refractivity contribution is -0.157. The summed E-state index contributed by atoms with van der Waals surface area (Å²) in [6.45, 7) is 5.43. The Labute approximate surface area is 235 Å². The number of benzene rings is 4. The Bertz CT molecular complexity index is 1410. The van der Waals surface area contributed by atoms with Gasteiger partial charge in [-0.25, -0.2) is 4.79 Å². The molecule has 0 saturated carbocycles. The van der Waals surface area contributed by atoms with Crippen LogP contribution in [0.4, 0.5) is 13.2 Å². The van der Waals surface area contributed by atoms with Gasteiger partial charge < -0.3 is 9.47 Å². The topological polar surface area (TPSA) is 89.9 Å². The minimum absolute atomic E-state index is 0.0781. The second-order valence-corrected chi connectivity index (χ2v) is 11.6. The van der Waals surface area contributed by atoms with Gasteiger partial charge in [-0.1, -0.05) is 84.6 Å². The Balaban J connectivity index is 0.000000231. The molecule has 40 heavy (non-hydrogen) atoms. The van der Waals surface area contributed by atoms with Gasteiger partial charge in [0.05, 0.1) is 0 Å². The lowest BCUT2D eigenvalue weighted by Gasteiger charge is -2.19. The highest BCUT2D eigenvalue weighted by Crippen LogP contribution is 2.27. The van der Waals surface area contributed by atoms with E-state index in [0.717, 1.165) is 10.8 Å². The predicted molar refractivity (Wildman–Crippen MR) is 150 cm³/mol. The average Bonchev–Trinajstić information content (AvgIpc) is 2.87. The predicted octanol–water partition coefficient (Wildman–Crippen LogP) is 7.79. The molecule has 1 N–H and O–H groups in total. The van der Waals surface area contributed by atoms with Crippen LogP contribution in [-0.4, -0.2) is 36.7 Å². The van der Waals surface area contributed by atoms with Crippen molar-refractivity contribution in [1.82, 2.24) is 0 Å². The summed E-state index contributed by atoms with van der Waals surface area (Å²) in [5, 5.41) is 2.08. The van der Waals surface area contributed by atoms with Gasteiger partial charge in [0.2, 0.25) is 0 Å². The number of carbonyl (C=O) groups excluding carboxylic acids is 1. The molecule has 0 atom stereocenters. The van der Waals surface area contributed by atoms with Gasteiger partial charge in [0.25, 0.3) is 0 Å². The monoisotopic (exact) mass is 594 g/mol. The lowest BCUT2D eigenvalue weighted by atomic mass is 10.1. The Morgan fingerprint density at radius 1 is 0.775 bits per heavy atom. The molecule has 0 aliphatic rings. The number of hydrogen-bond acceptors (Lipinski definition) is 6. The van der Waals surface area contributed by atoms with Gasteiger partial charge >= 0.3 is 21.6 Å².